The van der Waals surface area contributed by atoms with Crippen molar-refractivity contribution in [1.29, 1.82) is 0 Å². The third-order valence-electron chi connectivity index (χ3n) is 3.59. The molecule has 2 radical (unpaired) electrons. The molecule has 0 atom stereocenters. The molecule has 0 amide bonds. The Bertz CT molecular complexity index is 234. The van der Waals surface area contributed by atoms with Gasteiger partial charge < -0.3 is 0 Å². The molecule has 0 aromatic heterocycles. The van der Waals surface area contributed by atoms with E-state index in [1.54, 1.807) is 6.08 Å². The van der Waals surface area contributed by atoms with Crippen LogP contribution in [0.1, 0.15) is 83.5 Å². The number of hydrogen-bond donors (Lipinski definition) is 0. The predicted molar refractivity (Wildman–Crippen MR) is 92.5 cm³/mol. The molecular weight excluding hydrogens is 240 g/mol. The van der Waals surface area contributed by atoms with E-state index in [4.69, 9.17) is 6.58 Å². The van der Waals surface area contributed by atoms with Crippen LogP contribution in [0.2, 0.25) is 0 Å². The summed E-state index contributed by atoms with van der Waals surface area (Å²) in [6.07, 6.45) is 27.4. The van der Waals surface area contributed by atoms with Crippen molar-refractivity contribution in [2.24, 2.45) is 0 Å². The highest BCUT2D eigenvalue weighted by Gasteiger charge is 1.92. The van der Waals surface area contributed by atoms with Crippen LogP contribution in [0.3, 0.4) is 0 Å². The lowest BCUT2D eigenvalue weighted by Crippen LogP contribution is -1.82. The molecule has 0 rings (SSSR count). The van der Waals surface area contributed by atoms with Gasteiger partial charge in [-0.25, -0.2) is 0 Å². The molecule has 0 bridgehead atoms. The third-order valence-corrected chi connectivity index (χ3v) is 3.59. The van der Waals surface area contributed by atoms with Crippen LogP contribution in [0.25, 0.3) is 0 Å². The molecule has 0 aromatic carbocycles. The van der Waals surface area contributed by atoms with E-state index < -0.39 is 0 Å². The van der Waals surface area contributed by atoms with Gasteiger partial charge in [-0.3, -0.25) is 0 Å². The molecule has 0 aliphatic heterocycles. The lowest BCUT2D eigenvalue weighted by Gasteiger charge is -2.02. The summed E-state index contributed by atoms with van der Waals surface area (Å²) >= 11 is 0. The van der Waals surface area contributed by atoms with Gasteiger partial charge in [0.15, 0.2) is 0 Å². The van der Waals surface area contributed by atoms with Gasteiger partial charge in [0, 0.05) is 0 Å². The van der Waals surface area contributed by atoms with Crippen LogP contribution >= 0.6 is 0 Å². The minimum Gasteiger partial charge on any atom is -0.0845 e. The second-order valence-electron chi connectivity index (χ2n) is 5.54. The minimum absolute atomic E-state index is 1.11. The molecule has 0 spiro atoms. The molecule has 0 heterocycles. The van der Waals surface area contributed by atoms with Gasteiger partial charge in [0.05, 0.1) is 0 Å². The Hall–Kier alpha value is -0.780. The summed E-state index contributed by atoms with van der Waals surface area (Å²) in [6, 6.07) is 0. The topological polar surface area (TPSA) is 0 Å². The van der Waals surface area contributed by atoms with Gasteiger partial charge in [-0.15, -0.1) is 0 Å². The van der Waals surface area contributed by atoms with Crippen molar-refractivity contribution in [1.82, 2.24) is 0 Å². The Labute approximate surface area is 128 Å². The van der Waals surface area contributed by atoms with E-state index in [2.05, 4.69) is 19.1 Å². The van der Waals surface area contributed by atoms with Gasteiger partial charge in [0.1, 0.15) is 0 Å². The van der Waals surface area contributed by atoms with Gasteiger partial charge in [0.2, 0.25) is 0 Å². The fraction of sp³-hybridized carbons (Fsp3) is 0.650. The quantitative estimate of drug-likeness (QED) is 0.223. The fourth-order valence-electron chi connectivity index (χ4n) is 2.33. The standard InChI is InChI=1S/C20H34/c1-3-5-7-9-11-13-15-17-19-20-18-16-14-12-10-8-6-4-2/h1,3,5,7,9,11H,2,4,6,8,10,12-20H2. The first-order valence-corrected chi connectivity index (χ1v) is 8.57. The van der Waals surface area contributed by atoms with Crippen molar-refractivity contribution in [2.45, 2.75) is 83.5 Å². The Balaban J connectivity index is 3.04. The average Bonchev–Trinajstić information content (AvgIpc) is 2.47. The van der Waals surface area contributed by atoms with Crippen LogP contribution < -0.4 is 0 Å². The van der Waals surface area contributed by atoms with Crippen LogP contribution in [0.15, 0.2) is 30.4 Å². The second-order valence-corrected chi connectivity index (χ2v) is 5.54. The molecule has 0 aliphatic carbocycles. The van der Waals surface area contributed by atoms with E-state index in [0.717, 1.165) is 6.42 Å². The molecule has 0 saturated carbocycles. The molecule has 0 heteroatoms. The number of unbranched alkanes of at least 4 members (excludes halogenated alkanes) is 12. The number of allylic oxidation sites excluding steroid dienone is 5. The lowest BCUT2D eigenvalue weighted by molar-refractivity contribution is 0.547. The van der Waals surface area contributed by atoms with Gasteiger partial charge in [-0.2, -0.15) is 0 Å². The first-order valence-electron chi connectivity index (χ1n) is 8.57. The van der Waals surface area contributed by atoms with Gasteiger partial charge >= 0.3 is 0 Å². The molecule has 114 valence electrons. The summed E-state index contributed by atoms with van der Waals surface area (Å²) in [5.41, 5.74) is 0. The summed E-state index contributed by atoms with van der Waals surface area (Å²) in [5.74, 6) is 0. The Morgan fingerprint density at radius 3 is 1.60 bits per heavy atom. The molecule has 0 saturated heterocycles. The van der Waals surface area contributed by atoms with Gasteiger partial charge in [-0.1, -0.05) is 115 Å². The fourth-order valence-corrected chi connectivity index (χ4v) is 2.33. The van der Waals surface area contributed by atoms with E-state index >= 15 is 0 Å². The monoisotopic (exact) mass is 274 g/mol. The van der Waals surface area contributed by atoms with Crippen molar-refractivity contribution in [3.63, 3.8) is 0 Å². The molecular formula is C20H34. The Morgan fingerprint density at radius 2 is 1.10 bits per heavy atom. The zero-order valence-corrected chi connectivity index (χ0v) is 13.4. The lowest BCUT2D eigenvalue weighted by atomic mass is 10.0. The molecule has 0 nitrogen and oxygen atoms in total. The molecule has 0 aliphatic rings. The van der Waals surface area contributed by atoms with E-state index in [1.165, 1.54) is 77.0 Å². The largest absolute Gasteiger partial charge is 0.0845 e. The number of rotatable bonds is 15. The summed E-state index contributed by atoms with van der Waals surface area (Å²) < 4.78 is 0. The highest BCUT2D eigenvalue weighted by Crippen LogP contribution is 2.12. The molecule has 0 aromatic rings. The second kappa shape index (κ2) is 18.2. The first kappa shape index (κ1) is 19.2. The summed E-state index contributed by atoms with van der Waals surface area (Å²) in [7, 11) is 0. The molecule has 0 fully saturated rings. The van der Waals surface area contributed by atoms with Gasteiger partial charge in [0.25, 0.3) is 0 Å². The van der Waals surface area contributed by atoms with Crippen LogP contribution in [0.4, 0.5) is 0 Å². The van der Waals surface area contributed by atoms with E-state index in [1.807, 2.05) is 12.2 Å². The Morgan fingerprint density at radius 1 is 0.600 bits per heavy atom. The highest BCUT2D eigenvalue weighted by atomic mass is 14.0. The van der Waals surface area contributed by atoms with Crippen molar-refractivity contribution < 1.29 is 0 Å². The number of hydrogen-bond acceptors (Lipinski definition) is 0. The molecule has 0 N–H and O–H groups in total. The van der Waals surface area contributed by atoms with Crippen molar-refractivity contribution in [3.05, 3.63) is 43.9 Å². The normalized spacial score (nSPS) is 11.7. The average molecular weight is 274 g/mol. The third kappa shape index (κ3) is 17.2. The smallest absolute Gasteiger partial charge is 0.0348 e. The van der Waals surface area contributed by atoms with Crippen LogP contribution in [-0.4, -0.2) is 0 Å². The first-order chi connectivity index (χ1) is 9.91. The maximum Gasteiger partial charge on any atom is -0.0348 e. The molecule has 20 heavy (non-hydrogen) atoms. The van der Waals surface area contributed by atoms with Crippen LogP contribution in [-0.2, 0) is 0 Å². The van der Waals surface area contributed by atoms with Crippen molar-refractivity contribution in [2.75, 3.05) is 0 Å². The summed E-state index contributed by atoms with van der Waals surface area (Å²) in [5, 5.41) is 0. The van der Waals surface area contributed by atoms with E-state index in [0.29, 0.717) is 0 Å². The van der Waals surface area contributed by atoms with Crippen molar-refractivity contribution in [3.8, 4) is 0 Å². The maximum absolute atomic E-state index is 5.24. The zero-order valence-electron chi connectivity index (χ0n) is 13.4. The maximum atomic E-state index is 5.24. The SMILES string of the molecule is [CH]=CC=CC=CCCCCCCCCCCCCC[CH2]. The van der Waals surface area contributed by atoms with E-state index in [-0.39, 0.29) is 0 Å². The highest BCUT2D eigenvalue weighted by molar-refractivity contribution is 5.07. The van der Waals surface area contributed by atoms with E-state index in [9.17, 15) is 0 Å². The van der Waals surface area contributed by atoms with Crippen molar-refractivity contribution >= 4 is 0 Å². The zero-order chi connectivity index (χ0) is 14.7. The Kier molecular flexibility index (Phi) is 17.5. The molecule has 0 unspecified atom stereocenters. The minimum atomic E-state index is 1.11. The van der Waals surface area contributed by atoms with Crippen LogP contribution in [0, 0.1) is 13.5 Å². The van der Waals surface area contributed by atoms with Gasteiger partial charge in [-0.05, 0) is 12.8 Å². The summed E-state index contributed by atoms with van der Waals surface area (Å²) in [6.45, 7) is 9.12. The van der Waals surface area contributed by atoms with Crippen LogP contribution in [0.5, 0.6) is 0 Å². The summed E-state index contributed by atoms with van der Waals surface area (Å²) in [4.78, 5) is 0. The predicted octanol–water partition coefficient (Wildman–Crippen LogP) is 6.99.